The Hall–Kier alpha value is -2.36. The minimum absolute atomic E-state index is 0.0451. The highest BCUT2D eigenvalue weighted by atomic mass is 32.2. The van der Waals surface area contributed by atoms with Crippen molar-refractivity contribution in [3.05, 3.63) is 50.4 Å². The molecule has 0 bridgehead atoms. The highest BCUT2D eigenvalue weighted by Crippen LogP contribution is 2.34. The van der Waals surface area contributed by atoms with Crippen LogP contribution in [0, 0.1) is 6.92 Å². The number of likely N-dealkylation sites (N-methyl/N-ethyl adjacent to an activating group) is 1. The van der Waals surface area contributed by atoms with Gasteiger partial charge < -0.3 is 20.1 Å². The molecule has 3 aromatic rings. The minimum Gasteiger partial charge on any atom is -0.369 e. The average molecular weight is 498 g/mol. The number of fused-ring (bicyclic) bond motifs is 3. The molecule has 0 atom stereocenters. The molecule has 1 amide bonds. The summed E-state index contributed by atoms with van der Waals surface area (Å²) in [4.78, 5) is 39.7. The van der Waals surface area contributed by atoms with Gasteiger partial charge in [0, 0.05) is 42.4 Å². The molecule has 7 nitrogen and oxygen atoms in total. The maximum atomic E-state index is 12.6. The lowest BCUT2D eigenvalue weighted by Crippen LogP contribution is -2.46. The van der Waals surface area contributed by atoms with Gasteiger partial charge in [0.1, 0.15) is 10.7 Å². The number of benzene rings is 1. The zero-order valence-electron chi connectivity index (χ0n) is 19.8. The predicted octanol–water partition coefficient (Wildman–Crippen LogP) is 3.80. The smallest absolute Gasteiger partial charge is 0.259 e. The van der Waals surface area contributed by atoms with E-state index in [1.165, 1.54) is 27.9 Å². The predicted molar refractivity (Wildman–Crippen MR) is 143 cm³/mol. The first-order valence-corrected chi connectivity index (χ1v) is 14.0. The van der Waals surface area contributed by atoms with Crippen LogP contribution in [-0.4, -0.2) is 59.3 Å². The number of piperazine rings is 1. The Morgan fingerprint density at radius 3 is 2.82 bits per heavy atom. The van der Waals surface area contributed by atoms with Gasteiger partial charge in [0.2, 0.25) is 5.91 Å². The van der Waals surface area contributed by atoms with E-state index in [-0.39, 0.29) is 11.5 Å². The minimum atomic E-state index is -0.0454. The molecule has 3 heterocycles. The van der Waals surface area contributed by atoms with E-state index >= 15 is 0 Å². The zero-order valence-corrected chi connectivity index (χ0v) is 21.4. The van der Waals surface area contributed by atoms with E-state index in [1.807, 2.05) is 13.0 Å². The van der Waals surface area contributed by atoms with Crippen molar-refractivity contribution in [1.29, 1.82) is 0 Å². The molecular weight excluding hydrogens is 466 g/mol. The highest BCUT2D eigenvalue weighted by molar-refractivity contribution is 7.99. The number of hydrogen-bond donors (Lipinski definition) is 2. The number of hydrogen-bond acceptors (Lipinski definition) is 7. The normalized spacial score (nSPS) is 16.2. The first-order chi connectivity index (χ1) is 16.5. The molecule has 0 saturated carbocycles. The van der Waals surface area contributed by atoms with Crippen LogP contribution in [0.2, 0.25) is 0 Å². The molecule has 9 heteroatoms. The van der Waals surface area contributed by atoms with Crippen molar-refractivity contribution >= 4 is 50.6 Å². The summed E-state index contributed by atoms with van der Waals surface area (Å²) in [5, 5.41) is 3.81. The standard InChI is InChI=1S/C25H31N5O2S2/c1-3-29-9-11-30(12-10-29)17-7-8-19(16(2)13-17)26-22(31)15-33-14-21-27-24(32)23-18-5-4-6-20(18)34-25(23)28-21/h7-8,13H,3-6,9-12,14-15H2,1-2H3,(H,26,31)(H,27,28,32). The largest absolute Gasteiger partial charge is 0.369 e. The number of anilines is 2. The van der Waals surface area contributed by atoms with Crippen LogP contribution in [0.4, 0.5) is 11.4 Å². The molecule has 2 aliphatic rings. The zero-order chi connectivity index (χ0) is 23.7. The Morgan fingerprint density at radius 2 is 2.06 bits per heavy atom. The average Bonchev–Trinajstić information content (AvgIpc) is 3.41. The highest BCUT2D eigenvalue weighted by Gasteiger charge is 2.21. The summed E-state index contributed by atoms with van der Waals surface area (Å²) in [5.74, 6) is 1.40. The van der Waals surface area contributed by atoms with Crippen molar-refractivity contribution in [3.63, 3.8) is 0 Å². The number of aryl methyl sites for hydroxylation is 3. The van der Waals surface area contributed by atoms with Crippen molar-refractivity contribution in [2.75, 3.05) is 48.7 Å². The van der Waals surface area contributed by atoms with Crippen molar-refractivity contribution in [1.82, 2.24) is 14.9 Å². The fourth-order valence-corrected chi connectivity index (χ4v) is 6.82. The van der Waals surface area contributed by atoms with Gasteiger partial charge in [-0.05, 0) is 62.1 Å². The van der Waals surface area contributed by atoms with Gasteiger partial charge in [-0.25, -0.2) is 4.98 Å². The number of carbonyl (C=O) groups excluding carboxylic acids is 1. The summed E-state index contributed by atoms with van der Waals surface area (Å²) in [6, 6.07) is 6.26. The fourth-order valence-electron chi connectivity index (χ4n) is 4.85. The van der Waals surface area contributed by atoms with E-state index in [0.717, 1.165) is 73.5 Å². The molecule has 2 aromatic heterocycles. The molecule has 0 radical (unpaired) electrons. The summed E-state index contributed by atoms with van der Waals surface area (Å²) in [6.07, 6.45) is 3.15. The Labute approximate surface area is 207 Å². The Kier molecular flexibility index (Phi) is 6.94. The van der Waals surface area contributed by atoms with Crippen LogP contribution in [0.25, 0.3) is 10.2 Å². The lowest BCUT2D eigenvalue weighted by atomic mass is 10.1. The number of thioether (sulfide) groups is 1. The molecule has 5 rings (SSSR count). The van der Waals surface area contributed by atoms with Gasteiger partial charge >= 0.3 is 0 Å². The van der Waals surface area contributed by atoms with Crippen LogP contribution >= 0.6 is 23.1 Å². The topological polar surface area (TPSA) is 81.3 Å². The molecule has 1 saturated heterocycles. The number of aromatic nitrogens is 2. The first-order valence-electron chi connectivity index (χ1n) is 12.0. The number of rotatable bonds is 7. The fraction of sp³-hybridized carbons (Fsp3) is 0.480. The number of nitrogens with one attached hydrogen (secondary N) is 2. The van der Waals surface area contributed by atoms with Crippen LogP contribution in [0.3, 0.4) is 0 Å². The van der Waals surface area contributed by atoms with Gasteiger partial charge in [-0.15, -0.1) is 23.1 Å². The lowest BCUT2D eigenvalue weighted by molar-refractivity contribution is -0.113. The summed E-state index contributed by atoms with van der Waals surface area (Å²) in [5.41, 5.74) is 4.28. The van der Waals surface area contributed by atoms with Crippen LogP contribution in [-0.2, 0) is 23.4 Å². The Morgan fingerprint density at radius 1 is 1.24 bits per heavy atom. The van der Waals surface area contributed by atoms with Crippen molar-refractivity contribution in [3.8, 4) is 0 Å². The lowest BCUT2D eigenvalue weighted by Gasteiger charge is -2.35. The van der Waals surface area contributed by atoms with E-state index in [1.54, 1.807) is 11.3 Å². The second-order valence-corrected chi connectivity index (χ2v) is 11.1. The third-order valence-corrected chi connectivity index (χ3v) is 8.89. The van der Waals surface area contributed by atoms with Crippen LogP contribution in [0.5, 0.6) is 0 Å². The summed E-state index contributed by atoms with van der Waals surface area (Å²) in [7, 11) is 0. The molecule has 34 heavy (non-hydrogen) atoms. The van der Waals surface area contributed by atoms with Gasteiger partial charge in [-0.2, -0.15) is 0 Å². The van der Waals surface area contributed by atoms with E-state index < -0.39 is 0 Å². The van der Waals surface area contributed by atoms with Gasteiger partial charge in [0.25, 0.3) is 5.56 Å². The third kappa shape index (κ3) is 4.87. The SMILES string of the molecule is CCN1CCN(c2ccc(NC(=O)CSCc3nc4sc5c(c4c(=O)[nH]3)CCC5)c(C)c2)CC1. The van der Waals surface area contributed by atoms with Crippen molar-refractivity contribution in [2.45, 2.75) is 38.9 Å². The van der Waals surface area contributed by atoms with Crippen LogP contribution in [0.15, 0.2) is 23.0 Å². The van der Waals surface area contributed by atoms with Gasteiger partial charge in [0.05, 0.1) is 16.9 Å². The van der Waals surface area contributed by atoms with Crippen molar-refractivity contribution in [2.24, 2.45) is 0 Å². The van der Waals surface area contributed by atoms with Crippen LogP contribution in [0.1, 0.15) is 35.2 Å². The molecule has 0 spiro atoms. The van der Waals surface area contributed by atoms with Crippen LogP contribution < -0.4 is 15.8 Å². The van der Waals surface area contributed by atoms with Gasteiger partial charge in [-0.3, -0.25) is 9.59 Å². The summed E-state index contributed by atoms with van der Waals surface area (Å²) >= 11 is 3.11. The second kappa shape index (κ2) is 10.1. The van der Waals surface area contributed by atoms with E-state index in [9.17, 15) is 9.59 Å². The summed E-state index contributed by atoms with van der Waals surface area (Å²) < 4.78 is 0. The number of H-pyrrole nitrogens is 1. The molecule has 1 aliphatic heterocycles. The number of carbonyl (C=O) groups is 1. The molecule has 0 unspecified atom stereocenters. The number of thiophene rings is 1. The van der Waals surface area contributed by atoms with E-state index in [4.69, 9.17) is 0 Å². The van der Waals surface area contributed by atoms with E-state index in [0.29, 0.717) is 17.3 Å². The quantitative estimate of drug-likeness (QED) is 0.517. The van der Waals surface area contributed by atoms with Crippen molar-refractivity contribution < 1.29 is 4.79 Å². The molecular formula is C25H31N5O2S2. The summed E-state index contributed by atoms with van der Waals surface area (Å²) in [6.45, 7) is 9.60. The molecule has 1 aromatic carbocycles. The maximum absolute atomic E-state index is 12.6. The second-order valence-electron chi connectivity index (χ2n) is 9.01. The molecule has 1 aliphatic carbocycles. The number of nitrogens with zero attached hydrogens (tertiary/aromatic N) is 3. The molecule has 180 valence electrons. The first kappa shape index (κ1) is 23.4. The number of aromatic amines is 1. The van der Waals surface area contributed by atoms with Gasteiger partial charge in [-0.1, -0.05) is 6.92 Å². The van der Waals surface area contributed by atoms with Gasteiger partial charge in [0.15, 0.2) is 0 Å². The number of amides is 1. The molecule has 2 N–H and O–H groups in total. The monoisotopic (exact) mass is 497 g/mol. The molecule has 1 fully saturated rings. The Bertz CT molecular complexity index is 1260. The maximum Gasteiger partial charge on any atom is 0.259 e. The van der Waals surface area contributed by atoms with E-state index in [2.05, 4.69) is 44.1 Å². The third-order valence-electron chi connectivity index (χ3n) is 6.76. The Balaban J connectivity index is 1.15.